The van der Waals surface area contributed by atoms with Gasteiger partial charge in [0.15, 0.2) is 0 Å². The summed E-state index contributed by atoms with van der Waals surface area (Å²) in [6.07, 6.45) is 3.54. The summed E-state index contributed by atoms with van der Waals surface area (Å²) in [5.41, 5.74) is -1.21. The van der Waals surface area contributed by atoms with Crippen LogP contribution < -0.4 is 16.6 Å². The molecule has 1 aromatic rings. The number of anilines is 1. The Hall–Kier alpha value is -1.63. The number of nitrogens with zero attached hydrogens (tertiary/aromatic N) is 1. The van der Waals surface area contributed by atoms with E-state index >= 15 is 0 Å². The molecule has 0 aliphatic carbocycles. The number of ether oxygens (including phenoxy) is 1. The minimum absolute atomic E-state index is 0.120. The van der Waals surface area contributed by atoms with E-state index in [-0.39, 0.29) is 17.5 Å². The monoisotopic (exact) mass is 268 g/mol. The molecule has 1 fully saturated rings. The molecule has 7 heteroatoms. The van der Waals surface area contributed by atoms with Crippen molar-refractivity contribution in [1.82, 2.24) is 15.2 Å². The van der Waals surface area contributed by atoms with E-state index in [1.165, 1.54) is 0 Å². The van der Waals surface area contributed by atoms with Gasteiger partial charge in [0.1, 0.15) is 0 Å². The van der Waals surface area contributed by atoms with Gasteiger partial charge in [-0.2, -0.15) is 0 Å². The van der Waals surface area contributed by atoms with E-state index in [0.29, 0.717) is 6.61 Å². The third kappa shape index (κ3) is 3.04. The molecular formula is C12H20N4O3. The van der Waals surface area contributed by atoms with E-state index in [4.69, 9.17) is 4.74 Å². The molecule has 0 spiro atoms. The van der Waals surface area contributed by atoms with Gasteiger partial charge < -0.3 is 10.1 Å². The first-order chi connectivity index (χ1) is 9.08. The molecule has 3 N–H and O–H groups in total. The standard InChI is InChI=1S/C12H20N4O3/c1-3-12(4-2)7-8(5-6-19-12)13-9-10(17)14-11(18)16-15-9/h8H,3-7H2,1-2H3,(H,13,15)(H2,14,16,17,18). The van der Waals surface area contributed by atoms with Gasteiger partial charge in [-0.25, -0.2) is 9.89 Å². The Labute approximate surface area is 110 Å². The van der Waals surface area contributed by atoms with Crippen LogP contribution in [0.3, 0.4) is 0 Å². The van der Waals surface area contributed by atoms with E-state index in [0.717, 1.165) is 25.7 Å². The first-order valence-electron chi connectivity index (χ1n) is 6.68. The Kier molecular flexibility index (Phi) is 4.04. The number of rotatable bonds is 4. The number of nitrogens with one attached hydrogen (secondary N) is 3. The molecule has 106 valence electrons. The van der Waals surface area contributed by atoms with Crippen LogP contribution in [0.15, 0.2) is 9.59 Å². The Morgan fingerprint density at radius 2 is 2.16 bits per heavy atom. The minimum atomic E-state index is -0.598. The molecule has 0 bridgehead atoms. The predicted octanol–water partition coefficient (Wildman–Crippen LogP) is 0.608. The first kappa shape index (κ1) is 13.8. The SMILES string of the molecule is CCC1(CC)CC(Nc2n[nH]c(=O)[nH]c2=O)CCO1. The molecule has 0 radical (unpaired) electrons. The first-order valence-corrected chi connectivity index (χ1v) is 6.68. The number of aromatic nitrogens is 3. The lowest BCUT2D eigenvalue weighted by molar-refractivity contribution is -0.0865. The normalized spacial score (nSPS) is 22.1. The van der Waals surface area contributed by atoms with Gasteiger partial charge in [0.25, 0.3) is 5.56 Å². The van der Waals surface area contributed by atoms with Crippen LogP contribution in [0.4, 0.5) is 5.82 Å². The molecule has 1 aromatic heterocycles. The van der Waals surface area contributed by atoms with E-state index < -0.39 is 11.2 Å². The van der Waals surface area contributed by atoms with Crippen molar-refractivity contribution in [1.29, 1.82) is 0 Å². The molecule has 1 saturated heterocycles. The number of hydrogen-bond acceptors (Lipinski definition) is 5. The van der Waals surface area contributed by atoms with Crippen LogP contribution in [0.25, 0.3) is 0 Å². The van der Waals surface area contributed by atoms with Crippen LogP contribution >= 0.6 is 0 Å². The Bertz CT molecular complexity index is 532. The summed E-state index contributed by atoms with van der Waals surface area (Å²) in [6, 6.07) is 0.133. The quantitative estimate of drug-likeness (QED) is 0.743. The zero-order valence-electron chi connectivity index (χ0n) is 11.3. The Morgan fingerprint density at radius 1 is 1.42 bits per heavy atom. The van der Waals surface area contributed by atoms with Gasteiger partial charge >= 0.3 is 5.69 Å². The lowest BCUT2D eigenvalue weighted by Crippen LogP contribution is -2.44. The van der Waals surface area contributed by atoms with E-state index in [1.807, 2.05) is 0 Å². The van der Waals surface area contributed by atoms with Crippen molar-refractivity contribution in [3.8, 4) is 0 Å². The predicted molar refractivity (Wildman–Crippen MR) is 71.4 cm³/mol. The highest BCUT2D eigenvalue weighted by Crippen LogP contribution is 2.32. The smallest absolute Gasteiger partial charge is 0.342 e. The largest absolute Gasteiger partial charge is 0.375 e. The molecule has 1 atom stereocenters. The molecule has 2 heterocycles. The minimum Gasteiger partial charge on any atom is -0.375 e. The van der Waals surface area contributed by atoms with E-state index in [2.05, 4.69) is 34.3 Å². The van der Waals surface area contributed by atoms with Crippen LogP contribution in [0.5, 0.6) is 0 Å². The van der Waals surface area contributed by atoms with Gasteiger partial charge in [0, 0.05) is 12.6 Å². The lowest BCUT2D eigenvalue weighted by atomic mass is 9.86. The van der Waals surface area contributed by atoms with Crippen molar-refractivity contribution in [3.05, 3.63) is 20.8 Å². The average molecular weight is 268 g/mol. The van der Waals surface area contributed by atoms with Crippen LogP contribution in [0.1, 0.15) is 39.5 Å². The van der Waals surface area contributed by atoms with E-state index in [1.54, 1.807) is 0 Å². The molecule has 1 unspecified atom stereocenters. The summed E-state index contributed by atoms with van der Waals surface area (Å²) in [7, 11) is 0. The number of H-pyrrole nitrogens is 2. The van der Waals surface area contributed by atoms with Crippen molar-refractivity contribution in [2.24, 2.45) is 0 Å². The molecular weight excluding hydrogens is 248 g/mol. The maximum absolute atomic E-state index is 11.6. The van der Waals surface area contributed by atoms with Crippen molar-refractivity contribution in [2.45, 2.75) is 51.2 Å². The van der Waals surface area contributed by atoms with Gasteiger partial charge in [-0.05, 0) is 25.7 Å². The van der Waals surface area contributed by atoms with Gasteiger partial charge in [-0.3, -0.25) is 9.78 Å². The second kappa shape index (κ2) is 5.56. The summed E-state index contributed by atoms with van der Waals surface area (Å²) in [5.74, 6) is 0.160. The summed E-state index contributed by atoms with van der Waals surface area (Å²) in [6.45, 7) is 4.88. The molecule has 0 saturated carbocycles. The zero-order valence-corrected chi connectivity index (χ0v) is 11.3. The summed E-state index contributed by atoms with van der Waals surface area (Å²) in [5, 5.41) is 9.06. The van der Waals surface area contributed by atoms with Gasteiger partial charge in [0.2, 0.25) is 5.82 Å². The fraction of sp³-hybridized carbons (Fsp3) is 0.750. The van der Waals surface area contributed by atoms with Crippen molar-refractivity contribution < 1.29 is 4.74 Å². The van der Waals surface area contributed by atoms with Crippen LogP contribution in [-0.4, -0.2) is 33.4 Å². The highest BCUT2D eigenvalue weighted by Gasteiger charge is 2.34. The third-order valence-electron chi connectivity index (χ3n) is 3.83. The third-order valence-corrected chi connectivity index (χ3v) is 3.83. The zero-order chi connectivity index (χ0) is 13.9. The van der Waals surface area contributed by atoms with Crippen LogP contribution in [0, 0.1) is 0 Å². The molecule has 0 aromatic carbocycles. The highest BCUT2D eigenvalue weighted by molar-refractivity contribution is 5.30. The highest BCUT2D eigenvalue weighted by atomic mass is 16.5. The van der Waals surface area contributed by atoms with Crippen LogP contribution in [0.2, 0.25) is 0 Å². The van der Waals surface area contributed by atoms with Crippen molar-refractivity contribution in [3.63, 3.8) is 0 Å². The molecule has 1 aliphatic heterocycles. The maximum Gasteiger partial charge on any atom is 0.342 e. The van der Waals surface area contributed by atoms with Crippen molar-refractivity contribution >= 4 is 5.82 Å². The second-order valence-corrected chi connectivity index (χ2v) is 4.93. The second-order valence-electron chi connectivity index (χ2n) is 4.93. The topological polar surface area (TPSA) is 99.9 Å². The molecule has 0 amide bonds. The molecule has 7 nitrogen and oxygen atoms in total. The Morgan fingerprint density at radius 3 is 2.79 bits per heavy atom. The summed E-state index contributed by atoms with van der Waals surface area (Å²) < 4.78 is 5.88. The molecule has 1 aliphatic rings. The van der Waals surface area contributed by atoms with Gasteiger partial charge in [-0.1, -0.05) is 13.8 Å². The fourth-order valence-electron chi connectivity index (χ4n) is 2.53. The van der Waals surface area contributed by atoms with Crippen molar-refractivity contribution in [2.75, 3.05) is 11.9 Å². The van der Waals surface area contributed by atoms with Gasteiger partial charge in [0.05, 0.1) is 5.60 Å². The van der Waals surface area contributed by atoms with E-state index in [9.17, 15) is 9.59 Å². The fourth-order valence-corrected chi connectivity index (χ4v) is 2.53. The van der Waals surface area contributed by atoms with Crippen LogP contribution in [-0.2, 0) is 4.74 Å². The average Bonchev–Trinajstić information content (AvgIpc) is 2.42. The number of aromatic amines is 2. The lowest BCUT2D eigenvalue weighted by Gasteiger charge is -2.40. The molecule has 19 heavy (non-hydrogen) atoms. The number of hydrogen-bond donors (Lipinski definition) is 3. The van der Waals surface area contributed by atoms with Gasteiger partial charge in [-0.15, -0.1) is 5.10 Å². The maximum atomic E-state index is 11.6. The summed E-state index contributed by atoms with van der Waals surface area (Å²) >= 11 is 0. The summed E-state index contributed by atoms with van der Waals surface area (Å²) in [4.78, 5) is 24.6. The molecule has 2 rings (SSSR count). The Balaban J connectivity index is 2.11.